The van der Waals surface area contributed by atoms with E-state index in [1.54, 1.807) is 20.8 Å². The summed E-state index contributed by atoms with van der Waals surface area (Å²) >= 11 is 0. The number of ether oxygens (including phenoxy) is 1. The van der Waals surface area contributed by atoms with Crippen LogP contribution in [0.25, 0.3) is 0 Å². The molecule has 0 spiro atoms. The third-order valence-corrected chi connectivity index (χ3v) is 1.74. The van der Waals surface area contributed by atoms with E-state index in [4.69, 9.17) is 14.9 Å². The van der Waals surface area contributed by atoms with Crippen LogP contribution < -0.4 is 0 Å². The number of aliphatic carboxylic acids is 2. The van der Waals surface area contributed by atoms with Crippen molar-refractivity contribution in [3.63, 3.8) is 0 Å². The van der Waals surface area contributed by atoms with Crippen molar-refractivity contribution in [2.45, 2.75) is 38.9 Å². The Balaban J connectivity index is 4.72. The number of hydrogen-bond acceptors (Lipinski definition) is 5. The van der Waals surface area contributed by atoms with Gasteiger partial charge in [-0.15, -0.1) is 0 Å². The molecule has 0 saturated carbocycles. The maximum atomic E-state index is 11.4. The van der Waals surface area contributed by atoms with E-state index in [-0.39, 0.29) is 0 Å². The molecule has 0 aliphatic rings. The lowest BCUT2D eigenvalue weighted by Crippen LogP contribution is -2.40. The molecule has 2 atom stereocenters. The van der Waals surface area contributed by atoms with Crippen molar-refractivity contribution >= 4 is 17.9 Å². The molecule has 0 aliphatic carbocycles. The monoisotopic (exact) mass is 248 g/mol. The molecule has 0 bridgehead atoms. The first-order chi connectivity index (χ1) is 7.54. The average molecular weight is 248 g/mol. The second kappa shape index (κ2) is 5.62. The van der Waals surface area contributed by atoms with Gasteiger partial charge in [0.2, 0.25) is 0 Å². The van der Waals surface area contributed by atoms with Gasteiger partial charge in [0.25, 0.3) is 0 Å². The Morgan fingerprint density at radius 2 is 1.65 bits per heavy atom. The lowest BCUT2D eigenvalue weighted by Gasteiger charge is -2.23. The molecule has 2 unspecified atom stereocenters. The highest BCUT2D eigenvalue weighted by atomic mass is 16.6. The smallest absolute Gasteiger partial charge is 0.336 e. The van der Waals surface area contributed by atoms with Crippen LogP contribution in [0.3, 0.4) is 0 Å². The van der Waals surface area contributed by atoms with Gasteiger partial charge in [-0.3, -0.25) is 9.59 Å². The summed E-state index contributed by atoms with van der Waals surface area (Å²) in [6.45, 7) is 4.64. The van der Waals surface area contributed by atoms with E-state index in [2.05, 4.69) is 0 Å². The van der Waals surface area contributed by atoms with Crippen molar-refractivity contribution in [3.05, 3.63) is 0 Å². The van der Waals surface area contributed by atoms with E-state index in [0.29, 0.717) is 0 Å². The Kier molecular flexibility index (Phi) is 5.09. The standard InChI is InChI=1S/C10H16O7/c1-10(2,3)17-9(16)7(13)5(8(14)15)4-6(11)12/h5,7,13H,4H2,1-3H3,(H,11,12)(H,14,15). The van der Waals surface area contributed by atoms with E-state index in [0.717, 1.165) is 0 Å². The van der Waals surface area contributed by atoms with Crippen LogP contribution >= 0.6 is 0 Å². The summed E-state index contributed by atoms with van der Waals surface area (Å²) in [5.41, 5.74) is -0.885. The molecule has 0 aliphatic heterocycles. The average Bonchev–Trinajstić information content (AvgIpc) is 2.09. The van der Waals surface area contributed by atoms with Crippen LogP contribution in [0.15, 0.2) is 0 Å². The van der Waals surface area contributed by atoms with Gasteiger partial charge in [-0.05, 0) is 20.8 Å². The summed E-state index contributed by atoms with van der Waals surface area (Å²) in [6, 6.07) is 0. The molecule has 17 heavy (non-hydrogen) atoms. The predicted octanol–water partition coefficient (Wildman–Crippen LogP) is -0.136. The van der Waals surface area contributed by atoms with Gasteiger partial charge in [0.1, 0.15) is 11.5 Å². The zero-order chi connectivity index (χ0) is 13.8. The number of aliphatic hydroxyl groups is 1. The van der Waals surface area contributed by atoms with Gasteiger partial charge in [-0.1, -0.05) is 0 Å². The minimum Gasteiger partial charge on any atom is -0.481 e. The van der Waals surface area contributed by atoms with E-state index < -0.39 is 42.0 Å². The molecule has 98 valence electrons. The van der Waals surface area contributed by atoms with Gasteiger partial charge in [0.15, 0.2) is 6.10 Å². The van der Waals surface area contributed by atoms with Crippen molar-refractivity contribution in [2.24, 2.45) is 5.92 Å². The Morgan fingerprint density at radius 1 is 1.18 bits per heavy atom. The Morgan fingerprint density at radius 3 is 1.94 bits per heavy atom. The summed E-state index contributed by atoms with van der Waals surface area (Å²) in [5.74, 6) is -5.85. The molecule has 0 heterocycles. The fraction of sp³-hybridized carbons (Fsp3) is 0.700. The second-order valence-corrected chi connectivity index (χ2v) is 4.52. The van der Waals surface area contributed by atoms with Crippen LogP contribution in [-0.2, 0) is 19.1 Å². The third-order valence-electron chi connectivity index (χ3n) is 1.74. The number of rotatable bonds is 5. The van der Waals surface area contributed by atoms with Gasteiger partial charge >= 0.3 is 17.9 Å². The molecule has 0 aromatic carbocycles. The number of hydrogen-bond donors (Lipinski definition) is 3. The zero-order valence-electron chi connectivity index (χ0n) is 9.84. The highest BCUT2D eigenvalue weighted by molar-refractivity contribution is 5.86. The topological polar surface area (TPSA) is 121 Å². The first-order valence-electron chi connectivity index (χ1n) is 4.90. The SMILES string of the molecule is CC(C)(C)OC(=O)C(O)C(CC(=O)O)C(=O)O. The zero-order valence-corrected chi connectivity index (χ0v) is 9.84. The first-order valence-corrected chi connectivity index (χ1v) is 4.90. The summed E-state index contributed by atoms with van der Waals surface area (Å²) in [7, 11) is 0. The molecular formula is C10H16O7. The summed E-state index contributed by atoms with van der Waals surface area (Å²) < 4.78 is 4.77. The predicted molar refractivity (Wildman–Crippen MR) is 55.2 cm³/mol. The second-order valence-electron chi connectivity index (χ2n) is 4.52. The molecule has 0 aromatic heterocycles. The quantitative estimate of drug-likeness (QED) is 0.579. The highest BCUT2D eigenvalue weighted by Crippen LogP contribution is 2.15. The van der Waals surface area contributed by atoms with E-state index >= 15 is 0 Å². The molecule has 3 N–H and O–H groups in total. The molecule has 0 aromatic rings. The molecule has 0 amide bonds. The lowest BCUT2D eigenvalue weighted by molar-refractivity contribution is -0.174. The van der Waals surface area contributed by atoms with Crippen LogP contribution in [0.4, 0.5) is 0 Å². The van der Waals surface area contributed by atoms with Gasteiger partial charge in [0.05, 0.1) is 6.42 Å². The van der Waals surface area contributed by atoms with Gasteiger partial charge < -0.3 is 20.1 Å². The molecule has 0 fully saturated rings. The minimum absolute atomic E-state index is 0.851. The van der Waals surface area contributed by atoms with Crippen molar-refractivity contribution in [1.82, 2.24) is 0 Å². The van der Waals surface area contributed by atoms with Gasteiger partial charge in [0, 0.05) is 0 Å². The summed E-state index contributed by atoms with van der Waals surface area (Å²) in [4.78, 5) is 32.5. The molecule has 7 heteroatoms. The summed E-state index contributed by atoms with van der Waals surface area (Å²) in [5, 5.41) is 26.6. The van der Waals surface area contributed by atoms with Crippen LogP contribution in [0.1, 0.15) is 27.2 Å². The number of carboxylic acids is 2. The number of carboxylic acid groups (broad SMARTS) is 2. The highest BCUT2D eigenvalue weighted by Gasteiger charge is 2.36. The van der Waals surface area contributed by atoms with Crippen LogP contribution in [0, 0.1) is 5.92 Å². The van der Waals surface area contributed by atoms with E-state index in [1.165, 1.54) is 0 Å². The van der Waals surface area contributed by atoms with E-state index in [9.17, 15) is 19.5 Å². The Bertz CT molecular complexity index is 315. The molecule has 7 nitrogen and oxygen atoms in total. The maximum absolute atomic E-state index is 11.4. The normalized spacial score (nSPS) is 14.8. The van der Waals surface area contributed by atoms with Crippen LogP contribution in [0.2, 0.25) is 0 Å². The van der Waals surface area contributed by atoms with Crippen LogP contribution in [0.5, 0.6) is 0 Å². The third kappa shape index (κ3) is 5.86. The Labute approximate surface area is 98.0 Å². The fourth-order valence-electron chi connectivity index (χ4n) is 1.05. The Hall–Kier alpha value is -1.63. The lowest BCUT2D eigenvalue weighted by atomic mass is 9.98. The van der Waals surface area contributed by atoms with Crippen molar-refractivity contribution in [1.29, 1.82) is 0 Å². The van der Waals surface area contributed by atoms with Gasteiger partial charge in [-0.2, -0.15) is 0 Å². The van der Waals surface area contributed by atoms with E-state index in [1.807, 2.05) is 0 Å². The van der Waals surface area contributed by atoms with Crippen LogP contribution in [-0.4, -0.2) is 44.9 Å². The molecule has 0 saturated heterocycles. The largest absolute Gasteiger partial charge is 0.481 e. The summed E-state index contributed by atoms with van der Waals surface area (Å²) in [6.07, 6.45) is -2.85. The number of esters is 1. The molecular weight excluding hydrogens is 232 g/mol. The first kappa shape index (κ1) is 15.4. The van der Waals surface area contributed by atoms with Crippen molar-refractivity contribution in [2.75, 3.05) is 0 Å². The maximum Gasteiger partial charge on any atom is 0.336 e. The fourth-order valence-corrected chi connectivity index (χ4v) is 1.05. The molecule has 0 rings (SSSR count). The number of carbonyl (C=O) groups excluding carboxylic acids is 1. The number of aliphatic hydroxyl groups excluding tert-OH is 1. The molecule has 0 radical (unpaired) electrons. The van der Waals surface area contributed by atoms with Gasteiger partial charge in [-0.25, -0.2) is 4.79 Å². The number of carbonyl (C=O) groups is 3. The van der Waals surface area contributed by atoms with Crippen molar-refractivity contribution in [3.8, 4) is 0 Å². The van der Waals surface area contributed by atoms with Crippen molar-refractivity contribution < 1.29 is 34.4 Å². The minimum atomic E-state index is -2.00.